The number of pyridine rings is 1. The summed E-state index contributed by atoms with van der Waals surface area (Å²) in [5.74, 6) is -0.350. The third kappa shape index (κ3) is 3.51. The Bertz CT molecular complexity index is 688. The highest BCUT2D eigenvalue weighted by Crippen LogP contribution is 2.20. The molecule has 0 radical (unpaired) electrons. The zero-order valence-electron chi connectivity index (χ0n) is 13.1. The zero-order chi connectivity index (χ0) is 17.2. The normalized spacial score (nSPS) is 23.2. The molecule has 3 rings (SSSR count). The lowest BCUT2D eigenvalue weighted by molar-refractivity contribution is -0.140. The number of anilines is 1. The van der Waals surface area contributed by atoms with E-state index < -0.39 is 22.0 Å². The molecule has 2 saturated heterocycles. The fourth-order valence-corrected chi connectivity index (χ4v) is 4.16. The molecule has 1 unspecified atom stereocenters. The van der Waals surface area contributed by atoms with Gasteiger partial charge in [0.1, 0.15) is 16.8 Å². The molecule has 2 fully saturated rings. The van der Waals surface area contributed by atoms with Crippen LogP contribution in [0.25, 0.3) is 0 Å². The van der Waals surface area contributed by atoms with Crippen LogP contribution in [0.15, 0.2) is 23.2 Å². The number of nitrogens with one attached hydrogen (secondary N) is 1. The Morgan fingerprint density at radius 2 is 2.04 bits per heavy atom. The molecule has 9 nitrogen and oxygen atoms in total. The number of aromatic nitrogens is 1. The van der Waals surface area contributed by atoms with Gasteiger partial charge in [-0.2, -0.15) is 4.31 Å². The molecule has 0 amide bonds. The number of nitrogens with zero attached hydrogens (tertiary/aromatic N) is 3. The minimum Gasteiger partial charge on any atom is -0.480 e. The second-order valence-corrected chi connectivity index (χ2v) is 7.60. The van der Waals surface area contributed by atoms with Crippen LogP contribution in [-0.2, 0) is 19.6 Å². The maximum Gasteiger partial charge on any atom is 0.322 e. The second-order valence-electron chi connectivity index (χ2n) is 5.66. The SMILES string of the molecule is O=C(O)C1CN(S(=O)(=O)c2ccc(N3CCOCC3)nc2)CCN1. The average molecular weight is 356 g/mol. The number of morpholine rings is 1. The number of sulfonamides is 1. The summed E-state index contributed by atoms with van der Waals surface area (Å²) < 4.78 is 31.8. The Balaban J connectivity index is 1.75. The smallest absolute Gasteiger partial charge is 0.322 e. The number of carbonyl (C=O) groups is 1. The van der Waals surface area contributed by atoms with Crippen LogP contribution >= 0.6 is 0 Å². The molecule has 24 heavy (non-hydrogen) atoms. The average Bonchev–Trinajstić information content (AvgIpc) is 2.62. The Kier molecular flexibility index (Phi) is 4.99. The molecule has 0 bridgehead atoms. The van der Waals surface area contributed by atoms with Crippen LogP contribution < -0.4 is 10.2 Å². The molecule has 1 aromatic rings. The van der Waals surface area contributed by atoms with Gasteiger partial charge < -0.3 is 20.1 Å². The van der Waals surface area contributed by atoms with E-state index in [1.54, 1.807) is 6.07 Å². The van der Waals surface area contributed by atoms with Crippen LogP contribution in [0.3, 0.4) is 0 Å². The summed E-state index contributed by atoms with van der Waals surface area (Å²) in [6.07, 6.45) is 1.33. The number of hydrogen-bond donors (Lipinski definition) is 2. The van der Waals surface area contributed by atoms with Gasteiger partial charge in [0, 0.05) is 38.9 Å². The van der Waals surface area contributed by atoms with E-state index in [-0.39, 0.29) is 18.0 Å². The van der Waals surface area contributed by atoms with Crippen LogP contribution in [0, 0.1) is 0 Å². The maximum atomic E-state index is 12.7. The lowest BCUT2D eigenvalue weighted by Crippen LogP contribution is -2.55. The summed E-state index contributed by atoms with van der Waals surface area (Å²) in [6, 6.07) is 2.30. The minimum absolute atomic E-state index is 0.0746. The van der Waals surface area contributed by atoms with Gasteiger partial charge in [-0.3, -0.25) is 4.79 Å². The van der Waals surface area contributed by atoms with Crippen LogP contribution in [0.2, 0.25) is 0 Å². The van der Waals surface area contributed by atoms with Crippen molar-refractivity contribution in [2.45, 2.75) is 10.9 Å². The minimum atomic E-state index is -3.75. The molecular formula is C14H20N4O5S. The van der Waals surface area contributed by atoms with Gasteiger partial charge in [-0.1, -0.05) is 0 Å². The molecule has 3 heterocycles. The number of ether oxygens (including phenoxy) is 1. The summed E-state index contributed by atoms with van der Waals surface area (Å²) >= 11 is 0. The van der Waals surface area contributed by atoms with Gasteiger partial charge >= 0.3 is 5.97 Å². The fourth-order valence-electron chi connectivity index (χ4n) is 2.76. The van der Waals surface area contributed by atoms with E-state index in [1.807, 2.05) is 4.90 Å². The lowest BCUT2D eigenvalue weighted by atomic mass is 10.2. The van der Waals surface area contributed by atoms with E-state index >= 15 is 0 Å². The Morgan fingerprint density at radius 1 is 1.29 bits per heavy atom. The summed E-state index contributed by atoms with van der Waals surface area (Å²) in [7, 11) is -3.75. The summed E-state index contributed by atoms with van der Waals surface area (Å²) in [4.78, 5) is 17.4. The third-order valence-corrected chi connectivity index (χ3v) is 5.98. The van der Waals surface area contributed by atoms with E-state index in [1.165, 1.54) is 16.6 Å². The quantitative estimate of drug-likeness (QED) is 0.704. The zero-order valence-corrected chi connectivity index (χ0v) is 13.9. The van der Waals surface area contributed by atoms with Crippen molar-refractivity contribution in [3.8, 4) is 0 Å². The van der Waals surface area contributed by atoms with Crippen molar-refractivity contribution >= 4 is 21.8 Å². The molecule has 0 spiro atoms. The molecule has 2 aliphatic rings. The molecule has 1 atom stereocenters. The van der Waals surface area contributed by atoms with Crippen LogP contribution in [0.5, 0.6) is 0 Å². The topological polar surface area (TPSA) is 112 Å². The van der Waals surface area contributed by atoms with E-state index in [4.69, 9.17) is 9.84 Å². The Morgan fingerprint density at radius 3 is 2.67 bits per heavy atom. The summed E-state index contributed by atoms with van der Waals surface area (Å²) in [5.41, 5.74) is 0. The first kappa shape index (κ1) is 17.1. The molecule has 1 aromatic heterocycles. The number of piperazine rings is 1. The van der Waals surface area contributed by atoms with Crippen molar-refractivity contribution in [3.05, 3.63) is 18.3 Å². The van der Waals surface area contributed by atoms with Crippen LogP contribution in [-0.4, -0.2) is 80.8 Å². The first-order valence-electron chi connectivity index (χ1n) is 7.73. The van der Waals surface area contributed by atoms with Crippen molar-refractivity contribution in [2.75, 3.05) is 50.8 Å². The van der Waals surface area contributed by atoms with E-state index in [9.17, 15) is 13.2 Å². The molecular weight excluding hydrogens is 336 g/mol. The number of carboxylic acid groups (broad SMARTS) is 1. The van der Waals surface area contributed by atoms with Gasteiger partial charge in [0.05, 0.1) is 13.2 Å². The molecule has 2 N–H and O–H groups in total. The molecule has 132 valence electrons. The first-order valence-corrected chi connectivity index (χ1v) is 9.17. The number of rotatable bonds is 4. The Labute approximate surface area is 140 Å². The number of hydrogen-bond acceptors (Lipinski definition) is 7. The molecule has 10 heteroatoms. The first-order chi connectivity index (χ1) is 11.5. The van der Waals surface area contributed by atoms with Crippen LogP contribution in [0.1, 0.15) is 0 Å². The number of carboxylic acids is 1. The summed E-state index contributed by atoms with van der Waals surface area (Å²) in [6.45, 7) is 3.13. The van der Waals surface area contributed by atoms with Gasteiger partial charge in [0.2, 0.25) is 10.0 Å². The second kappa shape index (κ2) is 7.01. The Hall–Kier alpha value is -1.75. The molecule has 0 aliphatic carbocycles. The highest BCUT2D eigenvalue weighted by molar-refractivity contribution is 7.89. The third-order valence-electron chi connectivity index (χ3n) is 4.13. The fraction of sp³-hybridized carbons (Fsp3) is 0.571. The van der Waals surface area contributed by atoms with Crippen LogP contribution in [0.4, 0.5) is 5.82 Å². The van der Waals surface area contributed by atoms with Gasteiger partial charge in [-0.25, -0.2) is 13.4 Å². The predicted octanol–water partition coefficient (Wildman–Crippen LogP) is -1.03. The highest BCUT2D eigenvalue weighted by Gasteiger charge is 2.33. The van der Waals surface area contributed by atoms with E-state index in [0.717, 1.165) is 13.1 Å². The number of aliphatic carboxylic acids is 1. The summed E-state index contributed by atoms with van der Waals surface area (Å²) in [5, 5.41) is 11.8. The van der Waals surface area contributed by atoms with Crippen molar-refractivity contribution in [1.29, 1.82) is 0 Å². The van der Waals surface area contributed by atoms with Crippen molar-refractivity contribution in [3.63, 3.8) is 0 Å². The molecule has 0 saturated carbocycles. The van der Waals surface area contributed by atoms with Gasteiger partial charge in [-0.15, -0.1) is 0 Å². The lowest BCUT2D eigenvalue weighted by Gasteiger charge is -2.31. The van der Waals surface area contributed by atoms with Gasteiger partial charge in [-0.05, 0) is 12.1 Å². The van der Waals surface area contributed by atoms with E-state index in [2.05, 4.69) is 10.3 Å². The van der Waals surface area contributed by atoms with Crippen molar-refractivity contribution < 1.29 is 23.1 Å². The highest BCUT2D eigenvalue weighted by atomic mass is 32.2. The van der Waals surface area contributed by atoms with Crippen molar-refractivity contribution in [1.82, 2.24) is 14.6 Å². The standard InChI is InChI=1S/C14H20N4O5S/c19-14(20)12-10-18(4-3-15-12)24(21,22)11-1-2-13(16-9-11)17-5-7-23-8-6-17/h1-2,9,12,15H,3-8,10H2,(H,19,20). The van der Waals surface area contributed by atoms with Gasteiger partial charge in [0.15, 0.2) is 0 Å². The van der Waals surface area contributed by atoms with E-state index in [0.29, 0.717) is 25.6 Å². The monoisotopic (exact) mass is 356 g/mol. The molecule has 2 aliphatic heterocycles. The molecule has 0 aromatic carbocycles. The van der Waals surface area contributed by atoms with Gasteiger partial charge in [0.25, 0.3) is 0 Å². The maximum absolute atomic E-state index is 12.7. The van der Waals surface area contributed by atoms with Crippen molar-refractivity contribution in [2.24, 2.45) is 0 Å². The predicted molar refractivity (Wildman–Crippen MR) is 85.5 cm³/mol. The largest absolute Gasteiger partial charge is 0.480 e.